The number of carbonyl (C=O) groups excluding carboxylic acids is 2. The number of phosphoric acid groups is 1. The number of aromatic nitrogens is 2. The third-order valence-corrected chi connectivity index (χ3v) is 5.09. The van der Waals surface area contributed by atoms with Crippen LogP contribution in [0.2, 0.25) is 0 Å². The van der Waals surface area contributed by atoms with E-state index >= 15 is 0 Å². The Morgan fingerprint density at radius 1 is 1.25 bits per heavy atom. The number of hydrogen-bond acceptors (Lipinski definition) is 8. The lowest BCUT2D eigenvalue weighted by Crippen LogP contribution is -2.33. The van der Waals surface area contributed by atoms with Crippen LogP contribution in [0.15, 0.2) is 41.3 Å². The Bertz CT molecular complexity index is 1120. The molecule has 4 N–H and O–H groups in total. The second-order valence-corrected chi connectivity index (χ2v) is 8.12. The highest BCUT2D eigenvalue weighted by atomic mass is 31.2. The molecule has 0 spiro atoms. The summed E-state index contributed by atoms with van der Waals surface area (Å²) in [6.45, 7) is 0.580. The number of carbonyl (C=O) groups is 2. The van der Waals surface area contributed by atoms with Crippen LogP contribution in [0.5, 0.6) is 0 Å². The molecule has 1 aromatic heterocycles. The average Bonchev–Trinajstić information content (AvgIpc) is 3.00. The zero-order chi connectivity index (χ0) is 23.6. The number of amides is 1. The van der Waals surface area contributed by atoms with E-state index in [0.29, 0.717) is 5.56 Å². The van der Waals surface area contributed by atoms with Gasteiger partial charge in [-0.3, -0.25) is 18.7 Å². The van der Waals surface area contributed by atoms with Crippen molar-refractivity contribution >= 4 is 25.3 Å². The highest BCUT2D eigenvalue weighted by Crippen LogP contribution is 2.38. The van der Waals surface area contributed by atoms with Crippen molar-refractivity contribution < 1.29 is 42.7 Å². The summed E-state index contributed by atoms with van der Waals surface area (Å²) in [6.07, 6.45) is -5.90. The third kappa shape index (κ3) is 5.51. The topological polar surface area (TPSA) is 177 Å². The Kier molecular flexibility index (Phi) is 6.98. The molecule has 1 aliphatic heterocycles. The number of rotatable bonds is 7. The maximum Gasteiger partial charge on any atom is 0.469 e. The number of alkyl halides is 1. The van der Waals surface area contributed by atoms with E-state index in [1.54, 1.807) is 0 Å². The molecular weight excluding hydrogens is 452 g/mol. The van der Waals surface area contributed by atoms with Crippen LogP contribution in [0, 0.1) is 0 Å². The van der Waals surface area contributed by atoms with E-state index in [-0.39, 0.29) is 17.2 Å². The van der Waals surface area contributed by atoms with Crippen LogP contribution in [0.25, 0.3) is 0 Å². The van der Waals surface area contributed by atoms with Crippen molar-refractivity contribution in [3.8, 4) is 0 Å². The molecule has 0 unspecified atom stereocenters. The van der Waals surface area contributed by atoms with Crippen molar-refractivity contribution in [1.29, 1.82) is 0 Å². The molecule has 1 aliphatic rings. The lowest BCUT2D eigenvalue weighted by atomic mass is 10.1. The van der Waals surface area contributed by atoms with Crippen molar-refractivity contribution in [2.45, 2.75) is 31.5 Å². The van der Waals surface area contributed by atoms with Gasteiger partial charge in [-0.15, -0.1) is 0 Å². The van der Waals surface area contributed by atoms with Crippen molar-refractivity contribution in [1.82, 2.24) is 9.55 Å². The van der Waals surface area contributed by atoms with Gasteiger partial charge in [0.15, 0.2) is 18.2 Å². The van der Waals surface area contributed by atoms with E-state index in [4.69, 9.17) is 14.5 Å². The summed E-state index contributed by atoms with van der Waals surface area (Å²) in [5.41, 5.74) is -0.377. The van der Waals surface area contributed by atoms with Gasteiger partial charge in [-0.25, -0.2) is 13.8 Å². The fraction of sp³-hybridized carbons (Fsp3) is 0.333. The molecule has 1 saturated heterocycles. The second-order valence-electron chi connectivity index (χ2n) is 6.88. The summed E-state index contributed by atoms with van der Waals surface area (Å²) in [4.78, 5) is 57.0. The van der Waals surface area contributed by atoms with Crippen molar-refractivity contribution in [2.24, 2.45) is 0 Å². The van der Waals surface area contributed by atoms with E-state index in [1.807, 2.05) is 0 Å². The smallest absolute Gasteiger partial charge is 0.387 e. The fourth-order valence-corrected chi connectivity index (χ4v) is 3.30. The number of aliphatic hydroxyl groups excluding tert-OH is 1. The molecule has 0 saturated carbocycles. The van der Waals surface area contributed by atoms with Crippen LogP contribution in [0.4, 0.5) is 10.2 Å². The zero-order valence-corrected chi connectivity index (χ0v) is 17.4. The Hall–Kier alpha value is -2.80. The standard InChI is InChI=1S/C18H19FN3O9P/c1-9(23)10-2-4-11(5-3-10)16(25)20-13-6-7-22(18(26)21-13)17-14(19)15(24)12(31-17)8-30-32(27,28)29/h2-7,12,14-15,17,24H,8H2,1H3,(H2,27,28,29)(H,20,21,25,26)/t12-,14+,15-,17-/m1/s1. The number of benzene rings is 1. The van der Waals surface area contributed by atoms with Crippen LogP contribution < -0.4 is 11.0 Å². The second kappa shape index (κ2) is 9.36. The molecule has 14 heteroatoms. The number of aliphatic hydroxyl groups is 1. The van der Waals surface area contributed by atoms with E-state index in [2.05, 4.69) is 14.8 Å². The summed E-state index contributed by atoms with van der Waals surface area (Å²) >= 11 is 0. The van der Waals surface area contributed by atoms with Gasteiger partial charge in [0.1, 0.15) is 18.0 Å². The first-order valence-corrected chi connectivity index (χ1v) is 10.7. The lowest BCUT2D eigenvalue weighted by molar-refractivity contribution is -0.0482. The van der Waals surface area contributed by atoms with Gasteiger partial charge in [0, 0.05) is 17.3 Å². The Morgan fingerprint density at radius 3 is 2.44 bits per heavy atom. The van der Waals surface area contributed by atoms with Crippen LogP contribution in [-0.2, 0) is 13.8 Å². The predicted molar refractivity (Wildman–Crippen MR) is 106 cm³/mol. The number of anilines is 1. The molecule has 1 aromatic carbocycles. The summed E-state index contributed by atoms with van der Waals surface area (Å²) in [5, 5.41) is 12.3. The molecule has 3 rings (SSSR count). The van der Waals surface area contributed by atoms with E-state index in [1.165, 1.54) is 37.3 Å². The van der Waals surface area contributed by atoms with Crippen LogP contribution >= 0.6 is 7.82 Å². The summed E-state index contributed by atoms with van der Waals surface area (Å²) in [5.74, 6) is -0.902. The number of ether oxygens (including phenoxy) is 1. The predicted octanol–water partition coefficient (Wildman–Crippen LogP) is 0.404. The number of nitrogens with one attached hydrogen (secondary N) is 1. The minimum absolute atomic E-state index is 0.137. The average molecular weight is 471 g/mol. The van der Waals surface area contributed by atoms with E-state index in [9.17, 15) is 28.4 Å². The number of ketones is 1. The summed E-state index contributed by atoms with van der Waals surface area (Å²) < 4.78 is 35.3. The Morgan fingerprint density at radius 2 is 1.88 bits per heavy atom. The first-order valence-electron chi connectivity index (χ1n) is 9.15. The first kappa shape index (κ1) is 23.9. The molecule has 172 valence electrons. The Balaban J connectivity index is 1.71. The van der Waals surface area contributed by atoms with E-state index in [0.717, 1.165) is 10.8 Å². The van der Waals surface area contributed by atoms with Crippen LogP contribution in [0.1, 0.15) is 33.9 Å². The van der Waals surface area contributed by atoms with Gasteiger partial charge in [0.25, 0.3) is 5.91 Å². The molecule has 0 bridgehead atoms. The van der Waals surface area contributed by atoms with Crippen molar-refractivity contribution in [3.05, 3.63) is 58.1 Å². The largest absolute Gasteiger partial charge is 0.469 e. The number of halogens is 1. The highest BCUT2D eigenvalue weighted by Gasteiger charge is 2.46. The molecular formula is C18H19FN3O9P. The van der Waals surface area contributed by atoms with Crippen LogP contribution in [-0.4, -0.2) is 61.1 Å². The molecule has 1 amide bonds. The number of Topliss-reactive ketones (excluding diaryl/α,β-unsaturated/α-hetero) is 1. The van der Waals surface area contributed by atoms with Gasteiger partial charge < -0.3 is 24.9 Å². The SMILES string of the molecule is CC(=O)c1ccc(C(=O)Nc2ccn([C@@H]3O[C@H](COP(=O)(O)O)[C@@H](O)[C@@H]3F)c(=O)n2)cc1. The van der Waals surface area contributed by atoms with Gasteiger partial charge in [-0.05, 0) is 25.1 Å². The number of phosphoric ester groups is 1. The molecule has 0 aliphatic carbocycles. The van der Waals surface area contributed by atoms with Crippen LogP contribution in [0.3, 0.4) is 0 Å². The van der Waals surface area contributed by atoms with Gasteiger partial charge in [0.2, 0.25) is 0 Å². The maximum absolute atomic E-state index is 14.4. The molecule has 2 heterocycles. The van der Waals surface area contributed by atoms with E-state index < -0.39 is 50.6 Å². The molecule has 32 heavy (non-hydrogen) atoms. The first-order chi connectivity index (χ1) is 15.0. The molecule has 12 nitrogen and oxygen atoms in total. The Labute approximate surface area is 179 Å². The molecule has 2 aromatic rings. The fourth-order valence-electron chi connectivity index (χ4n) is 2.96. The van der Waals surface area contributed by atoms with Crippen molar-refractivity contribution in [2.75, 3.05) is 11.9 Å². The molecule has 4 atom stereocenters. The quantitative estimate of drug-likeness (QED) is 0.326. The third-order valence-electron chi connectivity index (χ3n) is 4.60. The lowest BCUT2D eigenvalue weighted by Gasteiger charge is -2.16. The van der Waals surface area contributed by atoms with Gasteiger partial charge in [0.05, 0.1) is 6.61 Å². The number of nitrogens with zero attached hydrogens (tertiary/aromatic N) is 2. The molecule has 1 fully saturated rings. The van der Waals surface area contributed by atoms with Crippen molar-refractivity contribution in [3.63, 3.8) is 0 Å². The van der Waals surface area contributed by atoms with Gasteiger partial charge >= 0.3 is 13.5 Å². The highest BCUT2D eigenvalue weighted by molar-refractivity contribution is 7.46. The summed E-state index contributed by atoms with van der Waals surface area (Å²) in [6, 6.07) is 6.99. The maximum atomic E-state index is 14.4. The minimum atomic E-state index is -4.87. The normalized spacial score (nSPS) is 23.2. The monoisotopic (exact) mass is 471 g/mol. The molecule has 0 radical (unpaired) electrons. The van der Waals surface area contributed by atoms with Gasteiger partial charge in [-0.1, -0.05) is 12.1 Å². The number of hydrogen-bond donors (Lipinski definition) is 4. The van der Waals surface area contributed by atoms with Gasteiger partial charge in [-0.2, -0.15) is 4.98 Å². The minimum Gasteiger partial charge on any atom is -0.387 e. The summed E-state index contributed by atoms with van der Waals surface area (Å²) in [7, 11) is -4.87. The zero-order valence-electron chi connectivity index (χ0n) is 16.5.